The molecule has 3 heteroatoms. The maximum absolute atomic E-state index is 4.60. The molecular weight excluding hydrogens is 192 g/mol. The molecular formula is C8H18S3. The summed E-state index contributed by atoms with van der Waals surface area (Å²) in [7, 11) is 0.917. The third-order valence-electron chi connectivity index (χ3n) is 0. The number of hydrogen-bond acceptors (Lipinski definition) is 2. The van der Waals surface area contributed by atoms with Gasteiger partial charge in [0, 0.05) is 31.3 Å². The standard InChI is InChI=1S/C3H8.C3H4.C2H6.S3/c2*1-3-2;1-2;1-3-2/h3H2,1-2H3;1H,2H3;1-2H3;. The van der Waals surface area contributed by atoms with E-state index in [1.807, 2.05) is 13.8 Å². The van der Waals surface area contributed by atoms with Crippen LogP contribution in [0.1, 0.15) is 41.0 Å². The molecule has 0 heterocycles. The van der Waals surface area contributed by atoms with Gasteiger partial charge in [-0.2, -0.15) is 0 Å². The summed E-state index contributed by atoms with van der Waals surface area (Å²) >= 11 is 8.25. The molecule has 0 saturated heterocycles. The fraction of sp³-hybridized carbons (Fsp3) is 0.750. The van der Waals surface area contributed by atoms with Crippen molar-refractivity contribution in [3.05, 3.63) is 0 Å². The SMILES string of the molecule is C#CC.CC.CCC.S=S=S. The van der Waals surface area contributed by atoms with Crippen molar-refractivity contribution in [1.29, 1.82) is 0 Å². The second-order valence-corrected chi connectivity index (χ2v) is 2.83. The molecule has 0 aromatic carbocycles. The van der Waals surface area contributed by atoms with E-state index in [1.165, 1.54) is 6.42 Å². The Balaban J connectivity index is -0.0000000301. The Labute approximate surface area is 84.7 Å². The highest BCUT2D eigenvalue weighted by Gasteiger charge is 1.35. The first-order valence-corrected chi connectivity index (χ1v) is 6.20. The van der Waals surface area contributed by atoms with Crippen molar-refractivity contribution in [2.75, 3.05) is 0 Å². The third-order valence-corrected chi connectivity index (χ3v) is 0. The molecule has 0 aliphatic heterocycles. The largest absolute Gasteiger partial charge is 0.120 e. The topological polar surface area (TPSA) is 0 Å². The first-order valence-electron chi connectivity index (χ1n) is 3.54. The highest BCUT2D eigenvalue weighted by molar-refractivity contribution is 8.37. The Kier molecular flexibility index (Phi) is 171. The predicted molar refractivity (Wildman–Crippen MR) is 63.9 cm³/mol. The molecule has 0 atom stereocenters. The lowest BCUT2D eigenvalue weighted by Crippen LogP contribution is -1.27. The van der Waals surface area contributed by atoms with Crippen LogP contribution in [-0.4, -0.2) is 0 Å². The van der Waals surface area contributed by atoms with E-state index in [0.29, 0.717) is 0 Å². The molecule has 0 rings (SSSR count). The lowest BCUT2D eigenvalue weighted by atomic mass is 10.6. The van der Waals surface area contributed by atoms with Gasteiger partial charge >= 0.3 is 0 Å². The van der Waals surface area contributed by atoms with Crippen molar-refractivity contribution in [1.82, 2.24) is 0 Å². The number of terminal acetylenes is 1. The van der Waals surface area contributed by atoms with Gasteiger partial charge in [0.2, 0.25) is 0 Å². The summed E-state index contributed by atoms with van der Waals surface area (Å²) in [6, 6.07) is 0. The summed E-state index contributed by atoms with van der Waals surface area (Å²) < 4.78 is 0. The monoisotopic (exact) mass is 210 g/mol. The van der Waals surface area contributed by atoms with Crippen LogP contribution in [0.2, 0.25) is 0 Å². The van der Waals surface area contributed by atoms with Gasteiger partial charge in [-0.15, -0.1) is 12.3 Å². The van der Waals surface area contributed by atoms with Gasteiger partial charge in [0.1, 0.15) is 0 Å². The predicted octanol–water partition coefficient (Wildman–Crippen LogP) is 3.07. The Morgan fingerprint density at radius 1 is 1.27 bits per heavy atom. The van der Waals surface area contributed by atoms with Crippen LogP contribution in [0.4, 0.5) is 0 Å². The Bertz CT molecular complexity index is 86.0. The van der Waals surface area contributed by atoms with Crippen molar-refractivity contribution in [3.8, 4) is 12.3 Å². The zero-order chi connectivity index (χ0) is 10.1. The second kappa shape index (κ2) is 83.8. The zero-order valence-corrected chi connectivity index (χ0v) is 10.5. The Hall–Kier alpha value is 0.220. The smallest absolute Gasteiger partial charge is 0 e. The van der Waals surface area contributed by atoms with Gasteiger partial charge in [0.05, 0.1) is 0 Å². The van der Waals surface area contributed by atoms with Gasteiger partial charge in [0.15, 0.2) is 0 Å². The maximum Gasteiger partial charge on any atom is 0 e. The molecule has 0 aliphatic rings. The van der Waals surface area contributed by atoms with Gasteiger partial charge in [-0.3, -0.25) is 0 Å². The van der Waals surface area contributed by atoms with Crippen LogP contribution in [-0.2, 0) is 31.3 Å². The van der Waals surface area contributed by atoms with Crippen LogP contribution in [0.3, 0.4) is 0 Å². The summed E-state index contributed by atoms with van der Waals surface area (Å²) in [5.41, 5.74) is 0. The van der Waals surface area contributed by atoms with E-state index in [4.69, 9.17) is 0 Å². The van der Waals surface area contributed by atoms with E-state index < -0.39 is 0 Å². The van der Waals surface area contributed by atoms with Crippen molar-refractivity contribution in [2.24, 2.45) is 0 Å². The molecule has 0 N–H and O–H groups in total. The highest BCUT2D eigenvalue weighted by atomic mass is 33.1. The van der Waals surface area contributed by atoms with Gasteiger partial charge in [-0.1, -0.05) is 34.1 Å². The summed E-state index contributed by atoms with van der Waals surface area (Å²) in [6.07, 6.45) is 5.85. The molecule has 11 heavy (non-hydrogen) atoms. The lowest BCUT2D eigenvalue weighted by Gasteiger charge is -1.48. The molecule has 68 valence electrons. The zero-order valence-electron chi connectivity index (χ0n) is 8.01. The Morgan fingerprint density at radius 3 is 1.27 bits per heavy atom. The van der Waals surface area contributed by atoms with Crippen molar-refractivity contribution < 1.29 is 0 Å². The molecule has 0 fully saturated rings. The van der Waals surface area contributed by atoms with Gasteiger partial charge in [0.25, 0.3) is 0 Å². The number of rotatable bonds is 0. The van der Waals surface area contributed by atoms with Gasteiger partial charge < -0.3 is 0 Å². The van der Waals surface area contributed by atoms with E-state index in [2.05, 4.69) is 48.6 Å². The van der Waals surface area contributed by atoms with Crippen LogP contribution in [0.15, 0.2) is 0 Å². The molecule has 0 amide bonds. The van der Waals surface area contributed by atoms with Crippen LogP contribution in [0.5, 0.6) is 0 Å². The summed E-state index contributed by atoms with van der Waals surface area (Å²) in [4.78, 5) is 0. The summed E-state index contributed by atoms with van der Waals surface area (Å²) in [5, 5.41) is 0. The normalized spacial score (nSPS) is 4.00. The van der Waals surface area contributed by atoms with E-state index in [9.17, 15) is 0 Å². The first kappa shape index (κ1) is 22.5. The minimum absolute atomic E-state index is 0.917. The van der Waals surface area contributed by atoms with Gasteiger partial charge in [-0.05, 0) is 6.92 Å². The van der Waals surface area contributed by atoms with Crippen molar-refractivity contribution >= 4 is 31.3 Å². The Morgan fingerprint density at radius 2 is 1.27 bits per heavy atom. The van der Waals surface area contributed by atoms with Crippen molar-refractivity contribution in [2.45, 2.75) is 41.0 Å². The maximum atomic E-state index is 4.60. The van der Waals surface area contributed by atoms with Crippen LogP contribution < -0.4 is 0 Å². The van der Waals surface area contributed by atoms with E-state index >= 15 is 0 Å². The van der Waals surface area contributed by atoms with Gasteiger partial charge in [-0.25, -0.2) is 0 Å². The second-order valence-electron chi connectivity index (χ2n) is 1.06. The minimum Gasteiger partial charge on any atom is -0.120 e. The van der Waals surface area contributed by atoms with E-state index in [-0.39, 0.29) is 0 Å². The number of hydrogen-bond donors (Lipinski definition) is 0. The summed E-state index contributed by atoms with van der Waals surface area (Å²) in [6.45, 7) is 9.90. The molecule has 0 radical (unpaired) electrons. The quantitative estimate of drug-likeness (QED) is 0.564. The molecule has 0 spiro atoms. The van der Waals surface area contributed by atoms with E-state index in [0.717, 1.165) is 8.88 Å². The lowest BCUT2D eigenvalue weighted by molar-refractivity contribution is 1.09. The molecule has 0 saturated carbocycles. The van der Waals surface area contributed by atoms with Crippen LogP contribution in [0.25, 0.3) is 0 Å². The molecule has 0 aromatic heterocycles. The van der Waals surface area contributed by atoms with Crippen LogP contribution in [0, 0.1) is 12.3 Å². The average Bonchev–Trinajstić information content (AvgIpc) is 1.96. The molecule has 0 nitrogen and oxygen atoms in total. The van der Waals surface area contributed by atoms with Crippen LogP contribution >= 0.6 is 0 Å². The van der Waals surface area contributed by atoms with E-state index in [1.54, 1.807) is 6.92 Å². The minimum atomic E-state index is 0.917. The molecule has 0 aliphatic carbocycles. The molecule has 0 unspecified atom stereocenters. The first-order chi connectivity index (χ1) is 5.24. The highest BCUT2D eigenvalue weighted by Crippen LogP contribution is 1.56. The summed E-state index contributed by atoms with van der Waals surface area (Å²) in [5.74, 6) is 2.25. The third kappa shape index (κ3) is 14300. The average molecular weight is 210 g/mol. The van der Waals surface area contributed by atoms with Crippen molar-refractivity contribution in [3.63, 3.8) is 0 Å². The molecule has 0 bridgehead atoms. The fourth-order valence-corrected chi connectivity index (χ4v) is 0. The molecule has 0 aromatic rings. The fourth-order valence-electron chi connectivity index (χ4n) is 0.